The Balaban J connectivity index is 2.92. The van der Waals surface area contributed by atoms with E-state index in [2.05, 4.69) is 6.92 Å². The van der Waals surface area contributed by atoms with Gasteiger partial charge in [-0.3, -0.25) is 0 Å². The van der Waals surface area contributed by atoms with Crippen LogP contribution in [0.3, 0.4) is 0 Å². The van der Waals surface area contributed by atoms with Gasteiger partial charge in [0.1, 0.15) is 6.61 Å². The third-order valence-electron chi connectivity index (χ3n) is 3.58. The lowest BCUT2D eigenvalue weighted by molar-refractivity contribution is -0.299. The van der Waals surface area contributed by atoms with Gasteiger partial charge in [0, 0.05) is 0 Å². The molecule has 0 bridgehead atoms. The Morgan fingerprint density at radius 3 is 1.61 bits per heavy atom. The fraction of sp³-hybridized carbons (Fsp3) is 1.00. The summed E-state index contributed by atoms with van der Waals surface area (Å²) in [5.41, 5.74) is 0. The number of hydrogen-bond acceptors (Lipinski definition) is 5. The first-order chi connectivity index (χ1) is 11.4. The summed E-state index contributed by atoms with van der Waals surface area (Å²) in [6.45, 7) is 5.29. The fourth-order valence-electron chi connectivity index (χ4n) is 2.25. The van der Waals surface area contributed by atoms with Gasteiger partial charge < -0.3 is 14.6 Å². The van der Waals surface area contributed by atoms with E-state index in [1.165, 1.54) is 57.8 Å². The van der Waals surface area contributed by atoms with E-state index in [0.29, 0.717) is 39.6 Å². The average molecular weight is 334 g/mol. The van der Waals surface area contributed by atoms with Crippen LogP contribution in [0.4, 0.5) is 0 Å². The van der Waals surface area contributed by atoms with E-state index in [9.17, 15) is 0 Å². The van der Waals surface area contributed by atoms with Crippen molar-refractivity contribution in [3.05, 3.63) is 0 Å². The van der Waals surface area contributed by atoms with Crippen LogP contribution in [-0.4, -0.2) is 51.4 Å². The van der Waals surface area contributed by atoms with Crippen LogP contribution < -0.4 is 0 Å². The van der Waals surface area contributed by atoms with E-state index in [1.54, 1.807) is 0 Å². The van der Waals surface area contributed by atoms with Crippen LogP contribution >= 0.6 is 0 Å². The van der Waals surface area contributed by atoms with Gasteiger partial charge in [0.15, 0.2) is 0 Å². The second-order valence-electron chi connectivity index (χ2n) is 5.77. The van der Waals surface area contributed by atoms with Crippen LogP contribution in [0.5, 0.6) is 0 Å². The van der Waals surface area contributed by atoms with Crippen molar-refractivity contribution >= 4 is 0 Å². The van der Waals surface area contributed by atoms with Gasteiger partial charge in [-0.15, -0.1) is 0 Å². The van der Waals surface area contributed by atoms with Gasteiger partial charge in [-0.05, 0) is 6.42 Å². The maximum absolute atomic E-state index is 8.51. The van der Waals surface area contributed by atoms with Crippen molar-refractivity contribution < 1.29 is 24.4 Å². The molecule has 140 valence electrons. The number of hydrogen-bond donors (Lipinski definition) is 1. The average Bonchev–Trinajstić information content (AvgIpc) is 2.57. The largest absolute Gasteiger partial charge is 0.394 e. The van der Waals surface area contributed by atoms with Gasteiger partial charge in [0.2, 0.25) is 0 Å². The Morgan fingerprint density at radius 2 is 1.00 bits per heavy atom. The molecule has 0 unspecified atom stereocenters. The molecule has 0 aliphatic rings. The minimum Gasteiger partial charge on any atom is -0.394 e. The number of aliphatic hydroxyl groups excluding tert-OH is 1. The van der Waals surface area contributed by atoms with Crippen molar-refractivity contribution in [1.82, 2.24) is 0 Å². The molecule has 0 atom stereocenters. The molecule has 0 aliphatic heterocycles. The predicted molar refractivity (Wildman–Crippen MR) is 92.5 cm³/mol. The Kier molecular flexibility index (Phi) is 21.6. The summed E-state index contributed by atoms with van der Waals surface area (Å²) in [6.07, 6.45) is 13.2. The van der Waals surface area contributed by atoms with Crippen molar-refractivity contribution in [3.8, 4) is 0 Å². The van der Waals surface area contributed by atoms with Gasteiger partial charge in [0.05, 0.1) is 39.6 Å². The highest BCUT2D eigenvalue weighted by Gasteiger charge is 1.94. The summed E-state index contributed by atoms with van der Waals surface area (Å²) < 4.78 is 10.3. The van der Waals surface area contributed by atoms with Crippen LogP contribution in [0.2, 0.25) is 0 Å². The van der Waals surface area contributed by atoms with E-state index in [0.717, 1.165) is 6.42 Å². The van der Waals surface area contributed by atoms with Gasteiger partial charge in [0.25, 0.3) is 0 Å². The Bertz CT molecular complexity index is 182. The van der Waals surface area contributed by atoms with Gasteiger partial charge in [-0.1, -0.05) is 64.7 Å². The first-order valence-electron chi connectivity index (χ1n) is 9.42. The number of unbranched alkanes of at least 4 members (excludes halogenated alkanes) is 9. The van der Waals surface area contributed by atoms with Crippen molar-refractivity contribution in [2.24, 2.45) is 0 Å². The number of ether oxygens (including phenoxy) is 2. The predicted octanol–water partition coefficient (Wildman–Crippen LogP) is 3.88. The zero-order valence-electron chi connectivity index (χ0n) is 15.1. The van der Waals surface area contributed by atoms with Crippen LogP contribution in [-0.2, 0) is 19.2 Å². The summed E-state index contributed by atoms with van der Waals surface area (Å²) in [4.78, 5) is 10.1. The summed E-state index contributed by atoms with van der Waals surface area (Å²) in [7, 11) is 0. The highest BCUT2D eigenvalue weighted by molar-refractivity contribution is 4.46. The molecule has 1 N–H and O–H groups in total. The molecular weight excluding hydrogens is 296 g/mol. The van der Waals surface area contributed by atoms with Gasteiger partial charge in [-0.25, -0.2) is 9.78 Å². The standard InChI is InChI=1S/C18H38O5/c1-2-3-4-5-6-7-8-9-10-11-13-22-23-18-17-21-16-15-20-14-12-19/h19H,2-18H2,1H3. The van der Waals surface area contributed by atoms with E-state index < -0.39 is 0 Å². The van der Waals surface area contributed by atoms with Gasteiger partial charge in [-0.2, -0.15) is 0 Å². The van der Waals surface area contributed by atoms with E-state index in [-0.39, 0.29) is 6.61 Å². The van der Waals surface area contributed by atoms with Crippen LogP contribution in [0.25, 0.3) is 0 Å². The summed E-state index contributed by atoms with van der Waals surface area (Å²) in [5.74, 6) is 0. The molecule has 0 saturated heterocycles. The molecule has 0 aromatic carbocycles. The normalized spacial score (nSPS) is 11.2. The minimum absolute atomic E-state index is 0.0515. The zero-order chi connectivity index (χ0) is 16.8. The van der Waals surface area contributed by atoms with Crippen molar-refractivity contribution in [1.29, 1.82) is 0 Å². The highest BCUT2D eigenvalue weighted by Crippen LogP contribution is 2.10. The second-order valence-corrected chi connectivity index (χ2v) is 5.77. The summed E-state index contributed by atoms with van der Waals surface area (Å²) >= 11 is 0. The maximum atomic E-state index is 8.51. The molecule has 23 heavy (non-hydrogen) atoms. The molecule has 0 aliphatic carbocycles. The monoisotopic (exact) mass is 334 g/mol. The molecule has 0 aromatic heterocycles. The lowest BCUT2D eigenvalue weighted by atomic mass is 10.1. The number of aliphatic hydroxyl groups is 1. The van der Waals surface area contributed by atoms with Crippen molar-refractivity contribution in [3.63, 3.8) is 0 Å². The highest BCUT2D eigenvalue weighted by atomic mass is 17.2. The Hall–Kier alpha value is -0.200. The van der Waals surface area contributed by atoms with Crippen LogP contribution in [0, 0.1) is 0 Å². The molecule has 0 fully saturated rings. The number of rotatable bonds is 20. The first kappa shape index (κ1) is 22.8. The Labute approximate surface area is 142 Å². The zero-order valence-corrected chi connectivity index (χ0v) is 15.1. The molecular formula is C18H38O5. The molecule has 0 rings (SSSR count). The topological polar surface area (TPSA) is 57.2 Å². The third-order valence-corrected chi connectivity index (χ3v) is 3.58. The quantitative estimate of drug-likeness (QED) is 0.208. The Morgan fingerprint density at radius 1 is 0.522 bits per heavy atom. The molecule has 0 heterocycles. The van der Waals surface area contributed by atoms with Crippen molar-refractivity contribution in [2.75, 3.05) is 46.2 Å². The smallest absolute Gasteiger partial charge is 0.106 e. The SMILES string of the molecule is CCCCCCCCCCCCOOCCOCCOCCO. The molecule has 5 nitrogen and oxygen atoms in total. The minimum atomic E-state index is 0.0515. The molecule has 0 radical (unpaired) electrons. The molecule has 0 spiro atoms. The maximum Gasteiger partial charge on any atom is 0.106 e. The first-order valence-corrected chi connectivity index (χ1v) is 9.42. The molecule has 5 heteroatoms. The summed E-state index contributed by atoms with van der Waals surface area (Å²) in [6, 6.07) is 0. The van der Waals surface area contributed by atoms with Crippen molar-refractivity contribution in [2.45, 2.75) is 71.1 Å². The van der Waals surface area contributed by atoms with E-state index in [1.807, 2.05) is 0 Å². The lowest BCUT2D eigenvalue weighted by Gasteiger charge is -2.06. The van der Waals surface area contributed by atoms with E-state index in [4.69, 9.17) is 24.4 Å². The third kappa shape index (κ3) is 21.8. The lowest BCUT2D eigenvalue weighted by Crippen LogP contribution is -2.11. The van der Waals surface area contributed by atoms with Gasteiger partial charge >= 0.3 is 0 Å². The van der Waals surface area contributed by atoms with Crippen LogP contribution in [0.1, 0.15) is 71.1 Å². The molecule has 0 aromatic rings. The molecule has 0 saturated carbocycles. The van der Waals surface area contributed by atoms with E-state index >= 15 is 0 Å². The fourth-order valence-corrected chi connectivity index (χ4v) is 2.25. The van der Waals surface area contributed by atoms with Crippen LogP contribution in [0.15, 0.2) is 0 Å². The summed E-state index contributed by atoms with van der Waals surface area (Å²) in [5, 5.41) is 8.51. The second kappa shape index (κ2) is 21.8. The molecule has 0 amide bonds.